The molecule has 0 bridgehead atoms. The molecular formula is C10H19NO4. The van der Waals surface area contributed by atoms with Crippen LogP contribution in [0.2, 0.25) is 0 Å². The minimum absolute atomic E-state index is 0.0957. The lowest BCUT2D eigenvalue weighted by Crippen LogP contribution is -2.42. The first kappa shape index (κ1) is 12.4. The Morgan fingerprint density at radius 1 is 1.53 bits per heavy atom. The molecular weight excluding hydrogens is 198 g/mol. The number of ether oxygens (including phenoxy) is 3. The first-order valence-corrected chi connectivity index (χ1v) is 5.37. The van der Waals surface area contributed by atoms with Crippen molar-refractivity contribution in [3.05, 3.63) is 0 Å². The minimum atomic E-state index is -0.197. The van der Waals surface area contributed by atoms with Gasteiger partial charge in [-0.15, -0.1) is 0 Å². The van der Waals surface area contributed by atoms with Gasteiger partial charge >= 0.3 is 5.97 Å². The van der Waals surface area contributed by atoms with Crippen molar-refractivity contribution in [2.75, 3.05) is 39.6 Å². The lowest BCUT2D eigenvalue weighted by atomic mass is 10.2. The van der Waals surface area contributed by atoms with Gasteiger partial charge in [-0.25, -0.2) is 0 Å². The second-order valence-corrected chi connectivity index (χ2v) is 3.35. The zero-order valence-corrected chi connectivity index (χ0v) is 9.16. The summed E-state index contributed by atoms with van der Waals surface area (Å²) in [5.41, 5.74) is 0. The average Bonchev–Trinajstić information content (AvgIpc) is 2.26. The summed E-state index contributed by atoms with van der Waals surface area (Å²) < 4.78 is 15.3. The van der Waals surface area contributed by atoms with E-state index in [0.29, 0.717) is 32.8 Å². The molecule has 0 aromatic carbocycles. The van der Waals surface area contributed by atoms with E-state index in [4.69, 9.17) is 14.2 Å². The van der Waals surface area contributed by atoms with Crippen LogP contribution in [0.4, 0.5) is 0 Å². The number of carbonyl (C=O) groups excluding carboxylic acids is 1. The summed E-state index contributed by atoms with van der Waals surface area (Å²) in [6.45, 7) is 5.46. The Kier molecular flexibility index (Phi) is 6.31. The third-order valence-corrected chi connectivity index (χ3v) is 2.11. The van der Waals surface area contributed by atoms with Gasteiger partial charge in [0.1, 0.15) is 6.61 Å². The first-order valence-electron chi connectivity index (χ1n) is 5.37. The molecule has 0 radical (unpaired) electrons. The van der Waals surface area contributed by atoms with E-state index in [1.54, 1.807) is 0 Å². The van der Waals surface area contributed by atoms with Gasteiger partial charge in [0.15, 0.2) is 0 Å². The number of morpholine rings is 1. The normalized spacial score (nSPS) is 21.3. The molecule has 1 aliphatic rings. The summed E-state index contributed by atoms with van der Waals surface area (Å²) in [4.78, 5) is 11.3. The molecule has 5 nitrogen and oxygen atoms in total. The predicted octanol–water partition coefficient (Wildman–Crippen LogP) is -0.0554. The Hall–Kier alpha value is -0.650. The number of carbonyl (C=O) groups is 1. The average molecular weight is 217 g/mol. The number of rotatable bonds is 6. The maximum Gasteiger partial charge on any atom is 0.307 e. The highest BCUT2D eigenvalue weighted by Gasteiger charge is 2.17. The molecule has 0 aromatic heterocycles. The molecule has 1 rings (SSSR count). The highest BCUT2D eigenvalue weighted by molar-refractivity contribution is 5.70. The van der Waals surface area contributed by atoms with Gasteiger partial charge in [0, 0.05) is 19.2 Å². The fraction of sp³-hybridized carbons (Fsp3) is 0.900. The maximum absolute atomic E-state index is 11.3. The third kappa shape index (κ3) is 5.71. The molecule has 0 aromatic rings. The van der Waals surface area contributed by atoms with Crippen LogP contribution in [0, 0.1) is 0 Å². The van der Waals surface area contributed by atoms with Crippen LogP contribution in [-0.4, -0.2) is 51.6 Å². The van der Waals surface area contributed by atoms with E-state index in [0.717, 1.165) is 13.2 Å². The van der Waals surface area contributed by atoms with E-state index < -0.39 is 0 Å². The standard InChI is InChI=1S/C10H19NO4/c1-2-13-5-6-15-10(12)7-9-8-14-4-3-11-9/h9,11H,2-8H2,1H3. The summed E-state index contributed by atoms with van der Waals surface area (Å²) >= 11 is 0. The van der Waals surface area contributed by atoms with E-state index in [9.17, 15) is 4.79 Å². The van der Waals surface area contributed by atoms with Crippen LogP contribution in [0.3, 0.4) is 0 Å². The quantitative estimate of drug-likeness (QED) is 0.499. The van der Waals surface area contributed by atoms with Gasteiger partial charge in [-0.1, -0.05) is 0 Å². The lowest BCUT2D eigenvalue weighted by molar-refractivity contribution is -0.146. The van der Waals surface area contributed by atoms with Gasteiger partial charge in [0.25, 0.3) is 0 Å². The SMILES string of the molecule is CCOCCOC(=O)CC1COCCN1. The van der Waals surface area contributed by atoms with Gasteiger partial charge in [-0.05, 0) is 6.92 Å². The van der Waals surface area contributed by atoms with Gasteiger partial charge in [0.2, 0.25) is 0 Å². The summed E-state index contributed by atoms with van der Waals surface area (Å²) in [5, 5.41) is 3.19. The molecule has 88 valence electrons. The van der Waals surface area contributed by atoms with E-state index in [1.807, 2.05) is 6.92 Å². The van der Waals surface area contributed by atoms with Crippen LogP contribution in [0.1, 0.15) is 13.3 Å². The van der Waals surface area contributed by atoms with Crippen molar-refractivity contribution in [3.8, 4) is 0 Å². The third-order valence-electron chi connectivity index (χ3n) is 2.11. The molecule has 1 aliphatic heterocycles. The monoisotopic (exact) mass is 217 g/mol. The Labute approximate surface area is 90.1 Å². The first-order chi connectivity index (χ1) is 7.33. The smallest absolute Gasteiger partial charge is 0.307 e. The molecule has 15 heavy (non-hydrogen) atoms. The Morgan fingerprint density at radius 2 is 2.40 bits per heavy atom. The Morgan fingerprint density at radius 3 is 3.07 bits per heavy atom. The van der Waals surface area contributed by atoms with E-state index in [2.05, 4.69) is 5.32 Å². The van der Waals surface area contributed by atoms with E-state index in [1.165, 1.54) is 0 Å². The fourth-order valence-electron chi connectivity index (χ4n) is 1.37. The van der Waals surface area contributed by atoms with Crippen molar-refractivity contribution in [1.29, 1.82) is 0 Å². The van der Waals surface area contributed by atoms with E-state index in [-0.39, 0.29) is 12.0 Å². The number of hydrogen-bond donors (Lipinski definition) is 1. The molecule has 1 heterocycles. The zero-order valence-electron chi connectivity index (χ0n) is 9.16. The Balaban J connectivity index is 2.01. The van der Waals surface area contributed by atoms with Crippen LogP contribution in [0.15, 0.2) is 0 Å². The zero-order chi connectivity index (χ0) is 10.9. The topological polar surface area (TPSA) is 56.8 Å². The highest BCUT2D eigenvalue weighted by Crippen LogP contribution is 1.99. The molecule has 0 aliphatic carbocycles. The second-order valence-electron chi connectivity index (χ2n) is 3.35. The van der Waals surface area contributed by atoms with Crippen LogP contribution in [-0.2, 0) is 19.0 Å². The van der Waals surface area contributed by atoms with Crippen molar-refractivity contribution in [3.63, 3.8) is 0 Å². The van der Waals surface area contributed by atoms with Crippen molar-refractivity contribution in [2.24, 2.45) is 0 Å². The molecule has 1 N–H and O–H groups in total. The fourth-order valence-corrected chi connectivity index (χ4v) is 1.37. The summed E-state index contributed by atoms with van der Waals surface area (Å²) in [6.07, 6.45) is 0.367. The molecule has 0 saturated carbocycles. The number of nitrogens with one attached hydrogen (secondary N) is 1. The summed E-state index contributed by atoms with van der Waals surface area (Å²) in [6, 6.07) is 0.0957. The van der Waals surface area contributed by atoms with Gasteiger partial charge in [0.05, 0.1) is 26.2 Å². The molecule has 1 fully saturated rings. The van der Waals surface area contributed by atoms with Crippen LogP contribution in [0.5, 0.6) is 0 Å². The second kappa shape index (κ2) is 7.62. The molecule has 5 heteroatoms. The van der Waals surface area contributed by atoms with Crippen molar-refractivity contribution < 1.29 is 19.0 Å². The van der Waals surface area contributed by atoms with Gasteiger partial charge in [-0.2, -0.15) is 0 Å². The highest BCUT2D eigenvalue weighted by atomic mass is 16.6. The van der Waals surface area contributed by atoms with Crippen molar-refractivity contribution >= 4 is 5.97 Å². The predicted molar refractivity (Wildman–Crippen MR) is 54.7 cm³/mol. The molecule has 0 spiro atoms. The maximum atomic E-state index is 11.3. The van der Waals surface area contributed by atoms with Crippen LogP contribution < -0.4 is 5.32 Å². The van der Waals surface area contributed by atoms with Crippen LogP contribution >= 0.6 is 0 Å². The van der Waals surface area contributed by atoms with Gasteiger partial charge < -0.3 is 19.5 Å². The minimum Gasteiger partial charge on any atom is -0.463 e. The van der Waals surface area contributed by atoms with Crippen LogP contribution in [0.25, 0.3) is 0 Å². The van der Waals surface area contributed by atoms with E-state index >= 15 is 0 Å². The molecule has 1 atom stereocenters. The van der Waals surface area contributed by atoms with Gasteiger partial charge in [-0.3, -0.25) is 4.79 Å². The number of hydrogen-bond acceptors (Lipinski definition) is 5. The molecule has 0 amide bonds. The molecule has 1 unspecified atom stereocenters. The molecule has 1 saturated heterocycles. The largest absolute Gasteiger partial charge is 0.463 e. The number of esters is 1. The summed E-state index contributed by atoms with van der Waals surface area (Å²) in [7, 11) is 0. The summed E-state index contributed by atoms with van der Waals surface area (Å²) in [5.74, 6) is -0.197. The Bertz CT molecular complexity index is 180. The van der Waals surface area contributed by atoms with Crippen molar-refractivity contribution in [2.45, 2.75) is 19.4 Å². The van der Waals surface area contributed by atoms with Crippen molar-refractivity contribution in [1.82, 2.24) is 5.32 Å². The lowest BCUT2D eigenvalue weighted by Gasteiger charge is -2.22.